The Labute approximate surface area is 216 Å². The van der Waals surface area contributed by atoms with Gasteiger partial charge in [0.25, 0.3) is 0 Å². The summed E-state index contributed by atoms with van der Waals surface area (Å²) in [6, 6.07) is 12.2. The summed E-state index contributed by atoms with van der Waals surface area (Å²) in [4.78, 5) is 0.433. The first kappa shape index (κ1) is 28.3. The van der Waals surface area contributed by atoms with E-state index >= 15 is 0 Å². The minimum absolute atomic E-state index is 0.0312. The standard InChI is InChI=1S/2C12H6F4S2/c13-7-1-3-11(9(15)5-7)17-18-12-4-2-8(14)6-10(12)16;13-7-1-3-9(15)11(5-7)17-18-12-6-8(14)2-4-10(12)16/h2*1-6H. The van der Waals surface area contributed by atoms with Crippen LogP contribution in [0.4, 0.5) is 35.1 Å². The summed E-state index contributed by atoms with van der Waals surface area (Å²) in [6.45, 7) is 0. The van der Waals surface area contributed by atoms with E-state index in [1.54, 1.807) is 0 Å². The summed E-state index contributed by atoms with van der Waals surface area (Å²) in [5.74, 6) is -5.15. The lowest BCUT2D eigenvalue weighted by atomic mass is 10.3. The van der Waals surface area contributed by atoms with Crippen LogP contribution >= 0.6 is 43.2 Å². The SMILES string of the molecule is Fc1ccc(F)c(SSc2cc(F)ccc2F)c1.Fc1ccc(SSc2ccc(F)cc2F)c(F)c1. The van der Waals surface area contributed by atoms with Crippen LogP contribution < -0.4 is 0 Å². The molecule has 0 radical (unpaired) electrons. The molecule has 0 spiro atoms. The second-order valence-electron chi connectivity index (χ2n) is 6.63. The largest absolute Gasteiger partial charge is 0.207 e. The van der Waals surface area contributed by atoms with Gasteiger partial charge in [0.2, 0.25) is 0 Å². The quantitative estimate of drug-likeness (QED) is 0.164. The summed E-state index contributed by atoms with van der Waals surface area (Å²) in [6.07, 6.45) is 0. The Morgan fingerprint density at radius 3 is 0.972 bits per heavy atom. The molecule has 4 aromatic carbocycles. The van der Waals surface area contributed by atoms with Gasteiger partial charge in [-0.25, -0.2) is 35.1 Å². The summed E-state index contributed by atoms with van der Waals surface area (Å²) in [7, 11) is 3.55. The van der Waals surface area contributed by atoms with Crippen LogP contribution in [-0.2, 0) is 0 Å². The molecule has 12 heteroatoms. The zero-order chi connectivity index (χ0) is 26.2. The molecule has 0 N–H and O–H groups in total. The summed E-state index contributed by atoms with van der Waals surface area (Å²) >= 11 is 0. The first-order valence-corrected chi connectivity index (χ1v) is 13.9. The molecule has 188 valence electrons. The van der Waals surface area contributed by atoms with Gasteiger partial charge in [-0.3, -0.25) is 0 Å². The third kappa shape index (κ3) is 8.39. The van der Waals surface area contributed by atoms with Crippen molar-refractivity contribution in [3.63, 3.8) is 0 Å². The first-order valence-electron chi connectivity index (χ1n) is 9.61. The van der Waals surface area contributed by atoms with Crippen LogP contribution in [0.3, 0.4) is 0 Å². The van der Waals surface area contributed by atoms with Crippen molar-refractivity contribution >= 4 is 43.2 Å². The fourth-order valence-electron chi connectivity index (χ4n) is 2.35. The maximum atomic E-state index is 13.3. The Hall–Kier alpha value is -2.28. The molecule has 0 aliphatic rings. The Bertz CT molecular complexity index is 1250. The predicted octanol–water partition coefficient (Wildman–Crippen LogP) is 10.1. The molecule has 0 aliphatic carbocycles. The highest BCUT2D eigenvalue weighted by Crippen LogP contribution is 2.41. The summed E-state index contributed by atoms with van der Waals surface area (Å²) in [5.41, 5.74) is 0. The van der Waals surface area contributed by atoms with Crippen molar-refractivity contribution in [2.45, 2.75) is 19.6 Å². The van der Waals surface area contributed by atoms with Crippen molar-refractivity contribution in [2.24, 2.45) is 0 Å². The van der Waals surface area contributed by atoms with Gasteiger partial charge in [0.05, 0.1) is 19.6 Å². The van der Waals surface area contributed by atoms with Gasteiger partial charge in [-0.1, -0.05) is 0 Å². The topological polar surface area (TPSA) is 0 Å². The van der Waals surface area contributed by atoms with Gasteiger partial charge in [-0.15, -0.1) is 0 Å². The molecule has 0 heterocycles. The van der Waals surface area contributed by atoms with Crippen molar-refractivity contribution in [1.82, 2.24) is 0 Å². The molecule has 0 amide bonds. The average Bonchev–Trinajstić information content (AvgIpc) is 2.82. The third-order valence-electron chi connectivity index (χ3n) is 4.02. The van der Waals surface area contributed by atoms with E-state index in [2.05, 4.69) is 0 Å². The average molecular weight is 581 g/mol. The number of rotatable bonds is 6. The lowest BCUT2D eigenvalue weighted by Gasteiger charge is -2.04. The fourth-order valence-corrected chi connectivity index (χ4v) is 6.50. The van der Waals surface area contributed by atoms with Crippen molar-refractivity contribution in [2.75, 3.05) is 0 Å². The van der Waals surface area contributed by atoms with E-state index in [0.29, 0.717) is 0 Å². The molecule has 4 aromatic rings. The maximum absolute atomic E-state index is 13.3. The van der Waals surface area contributed by atoms with E-state index in [4.69, 9.17) is 0 Å². The van der Waals surface area contributed by atoms with E-state index in [1.165, 1.54) is 12.1 Å². The van der Waals surface area contributed by atoms with Gasteiger partial charge in [0, 0.05) is 12.1 Å². The normalized spacial score (nSPS) is 10.7. The molecular weight excluding hydrogens is 569 g/mol. The van der Waals surface area contributed by atoms with Gasteiger partial charge >= 0.3 is 0 Å². The van der Waals surface area contributed by atoms with Gasteiger partial charge in [0.1, 0.15) is 46.5 Å². The van der Waals surface area contributed by atoms with Crippen LogP contribution in [0.15, 0.2) is 92.4 Å². The Morgan fingerprint density at radius 1 is 0.306 bits per heavy atom. The molecule has 0 bridgehead atoms. The number of hydrogen-bond acceptors (Lipinski definition) is 4. The molecule has 0 atom stereocenters. The van der Waals surface area contributed by atoms with Crippen LogP contribution in [0.2, 0.25) is 0 Å². The second kappa shape index (κ2) is 13.3. The highest BCUT2D eigenvalue weighted by Gasteiger charge is 2.10. The monoisotopic (exact) mass is 580 g/mol. The van der Waals surface area contributed by atoms with Gasteiger partial charge in [-0.05, 0) is 104 Å². The van der Waals surface area contributed by atoms with E-state index < -0.39 is 46.5 Å². The van der Waals surface area contributed by atoms with Gasteiger partial charge in [0.15, 0.2) is 0 Å². The molecule has 0 saturated carbocycles. The fraction of sp³-hybridized carbons (Fsp3) is 0. The van der Waals surface area contributed by atoms with Crippen LogP contribution in [0.25, 0.3) is 0 Å². The Morgan fingerprint density at radius 2 is 0.611 bits per heavy atom. The highest BCUT2D eigenvalue weighted by molar-refractivity contribution is 8.77. The predicted molar refractivity (Wildman–Crippen MR) is 129 cm³/mol. The lowest BCUT2D eigenvalue weighted by molar-refractivity contribution is 0.564. The molecule has 4 rings (SSSR count). The molecule has 0 unspecified atom stereocenters. The van der Waals surface area contributed by atoms with E-state index in [9.17, 15) is 35.1 Å². The zero-order valence-corrected chi connectivity index (χ0v) is 20.9. The second-order valence-corrected chi connectivity index (χ2v) is 11.1. The number of benzene rings is 4. The number of hydrogen-bond donors (Lipinski definition) is 0. The maximum Gasteiger partial charge on any atom is 0.140 e. The zero-order valence-electron chi connectivity index (χ0n) is 17.6. The smallest absolute Gasteiger partial charge is 0.140 e. The minimum Gasteiger partial charge on any atom is -0.207 e. The van der Waals surface area contributed by atoms with Crippen molar-refractivity contribution in [1.29, 1.82) is 0 Å². The number of halogens is 8. The molecule has 0 saturated heterocycles. The molecule has 0 aromatic heterocycles. The van der Waals surface area contributed by atoms with Crippen LogP contribution in [0.1, 0.15) is 0 Å². The van der Waals surface area contributed by atoms with E-state index in [1.807, 2.05) is 0 Å². The molecular formula is C24H12F8S4. The first-order chi connectivity index (χ1) is 17.1. The van der Waals surface area contributed by atoms with Crippen molar-refractivity contribution < 1.29 is 35.1 Å². The Kier molecular flexibility index (Phi) is 10.5. The Balaban J connectivity index is 0.000000201. The van der Waals surface area contributed by atoms with E-state index in [0.717, 1.165) is 104 Å². The third-order valence-corrected chi connectivity index (χ3v) is 8.84. The molecule has 0 aliphatic heterocycles. The van der Waals surface area contributed by atoms with Crippen molar-refractivity contribution in [3.05, 3.63) is 119 Å². The van der Waals surface area contributed by atoms with Gasteiger partial charge < -0.3 is 0 Å². The van der Waals surface area contributed by atoms with Gasteiger partial charge in [-0.2, -0.15) is 0 Å². The highest BCUT2D eigenvalue weighted by atomic mass is 33.1. The van der Waals surface area contributed by atoms with Crippen LogP contribution in [-0.4, -0.2) is 0 Å². The van der Waals surface area contributed by atoms with E-state index in [-0.39, 0.29) is 19.6 Å². The van der Waals surface area contributed by atoms with Crippen LogP contribution in [0.5, 0.6) is 0 Å². The molecule has 0 fully saturated rings. The lowest BCUT2D eigenvalue weighted by Crippen LogP contribution is -1.84. The van der Waals surface area contributed by atoms with Crippen LogP contribution in [0, 0.1) is 46.5 Å². The van der Waals surface area contributed by atoms with Crippen molar-refractivity contribution in [3.8, 4) is 0 Å². The minimum atomic E-state index is -0.713. The molecule has 0 nitrogen and oxygen atoms in total. The summed E-state index contributed by atoms with van der Waals surface area (Å²) in [5, 5.41) is 0. The molecule has 36 heavy (non-hydrogen) atoms. The summed E-state index contributed by atoms with van der Waals surface area (Å²) < 4.78 is 104.